The highest BCUT2D eigenvalue weighted by atomic mass is 16.4. The summed E-state index contributed by atoms with van der Waals surface area (Å²) in [5, 5.41) is 14.5. The van der Waals surface area contributed by atoms with Crippen LogP contribution in [0.4, 0.5) is 10.5 Å². The molecule has 0 aliphatic heterocycles. The van der Waals surface area contributed by atoms with Crippen LogP contribution in [0, 0.1) is 5.92 Å². The Bertz CT molecular complexity index is 739. The number of carbonyl (C=O) groups excluding carboxylic acids is 1. The normalized spacial score (nSPS) is 10.6. The van der Waals surface area contributed by atoms with Crippen molar-refractivity contribution in [2.45, 2.75) is 20.4 Å². The van der Waals surface area contributed by atoms with Gasteiger partial charge in [-0.25, -0.2) is 9.59 Å². The number of nitrogens with two attached hydrogens (primary N) is 1. The maximum absolute atomic E-state index is 11.6. The zero-order valence-corrected chi connectivity index (χ0v) is 13.5. The summed E-state index contributed by atoms with van der Waals surface area (Å²) >= 11 is 0. The number of urea groups is 1. The van der Waals surface area contributed by atoms with Crippen molar-refractivity contribution in [1.29, 1.82) is 0 Å². The Balaban J connectivity index is 2.05. The van der Waals surface area contributed by atoms with E-state index in [-0.39, 0.29) is 23.8 Å². The number of anilines is 1. The predicted octanol–water partition coefficient (Wildman–Crippen LogP) is 2.08. The molecule has 0 spiro atoms. The predicted molar refractivity (Wildman–Crippen MR) is 88.4 cm³/mol. The van der Waals surface area contributed by atoms with E-state index in [0.717, 1.165) is 0 Å². The van der Waals surface area contributed by atoms with Crippen LogP contribution in [0.5, 0.6) is 0 Å². The molecule has 2 amide bonds. The average molecular weight is 332 g/mol. The number of hydrogen-bond acceptors (Lipinski definition) is 5. The minimum absolute atomic E-state index is 0.0843. The molecule has 0 aromatic carbocycles. The maximum Gasteiger partial charge on any atom is 0.339 e. The zero-order chi connectivity index (χ0) is 17.7. The van der Waals surface area contributed by atoms with E-state index in [1.54, 1.807) is 12.1 Å². The molecule has 128 valence electrons. The first-order chi connectivity index (χ1) is 11.4. The van der Waals surface area contributed by atoms with Gasteiger partial charge in [-0.3, -0.25) is 4.98 Å². The first-order valence-electron chi connectivity index (χ1n) is 7.46. The van der Waals surface area contributed by atoms with Crippen LogP contribution >= 0.6 is 0 Å². The number of nitrogens with zero attached hydrogens (tertiary/aromatic N) is 1. The fraction of sp³-hybridized carbons (Fsp3) is 0.312. The Morgan fingerprint density at radius 2 is 2.04 bits per heavy atom. The third-order valence-corrected chi connectivity index (χ3v) is 3.24. The van der Waals surface area contributed by atoms with Gasteiger partial charge in [0.25, 0.3) is 0 Å². The Hall–Kier alpha value is -3.03. The van der Waals surface area contributed by atoms with Crippen molar-refractivity contribution in [3.05, 3.63) is 35.9 Å². The van der Waals surface area contributed by atoms with Gasteiger partial charge >= 0.3 is 12.0 Å². The minimum Gasteiger partial charge on any atom is -0.478 e. The number of nitrogens with one attached hydrogen (secondary N) is 2. The third-order valence-electron chi connectivity index (χ3n) is 3.24. The van der Waals surface area contributed by atoms with Crippen LogP contribution in [0.1, 0.15) is 30.0 Å². The van der Waals surface area contributed by atoms with E-state index in [4.69, 9.17) is 15.3 Å². The molecular formula is C16H20N4O4. The molecule has 0 saturated heterocycles. The first-order valence-corrected chi connectivity index (χ1v) is 7.46. The van der Waals surface area contributed by atoms with Gasteiger partial charge in [-0.05, 0) is 18.1 Å². The highest BCUT2D eigenvalue weighted by molar-refractivity contribution is 5.97. The van der Waals surface area contributed by atoms with Crippen LogP contribution in [0.15, 0.2) is 28.9 Å². The highest BCUT2D eigenvalue weighted by Crippen LogP contribution is 2.29. The molecule has 2 rings (SSSR count). The van der Waals surface area contributed by atoms with Crippen LogP contribution in [0.3, 0.4) is 0 Å². The molecular weight excluding hydrogens is 312 g/mol. The molecule has 2 aromatic heterocycles. The number of aromatic nitrogens is 1. The van der Waals surface area contributed by atoms with E-state index in [0.29, 0.717) is 29.5 Å². The summed E-state index contributed by atoms with van der Waals surface area (Å²) in [5.74, 6) is 0.118. The second-order valence-electron chi connectivity index (χ2n) is 5.68. The molecule has 8 heteroatoms. The quantitative estimate of drug-likeness (QED) is 0.640. The van der Waals surface area contributed by atoms with Crippen molar-refractivity contribution in [2.75, 3.05) is 12.3 Å². The van der Waals surface area contributed by atoms with Gasteiger partial charge in [-0.2, -0.15) is 0 Å². The molecule has 2 aromatic rings. The van der Waals surface area contributed by atoms with Gasteiger partial charge in [0.1, 0.15) is 17.1 Å². The monoisotopic (exact) mass is 332 g/mol. The van der Waals surface area contributed by atoms with Crippen LogP contribution in [0.25, 0.3) is 11.3 Å². The first kappa shape index (κ1) is 17.3. The molecule has 0 radical (unpaired) electrons. The minimum atomic E-state index is -1.16. The van der Waals surface area contributed by atoms with Crippen molar-refractivity contribution in [3.8, 4) is 11.3 Å². The second kappa shape index (κ2) is 7.49. The van der Waals surface area contributed by atoms with Crippen molar-refractivity contribution in [2.24, 2.45) is 5.92 Å². The van der Waals surface area contributed by atoms with E-state index in [2.05, 4.69) is 15.6 Å². The van der Waals surface area contributed by atoms with Crippen molar-refractivity contribution >= 4 is 17.7 Å². The van der Waals surface area contributed by atoms with Gasteiger partial charge in [0.05, 0.1) is 17.8 Å². The van der Waals surface area contributed by atoms with E-state index >= 15 is 0 Å². The van der Waals surface area contributed by atoms with Gasteiger partial charge in [0.15, 0.2) is 0 Å². The lowest BCUT2D eigenvalue weighted by Crippen LogP contribution is -2.36. The number of carboxylic acids is 1. The van der Waals surface area contributed by atoms with Crippen LogP contribution in [0.2, 0.25) is 0 Å². The molecule has 24 heavy (non-hydrogen) atoms. The lowest BCUT2D eigenvalue weighted by Gasteiger charge is -2.08. The van der Waals surface area contributed by atoms with E-state index in [1.165, 1.54) is 12.4 Å². The molecule has 8 nitrogen and oxygen atoms in total. The maximum atomic E-state index is 11.6. The number of carbonyl (C=O) groups is 2. The van der Waals surface area contributed by atoms with Crippen LogP contribution in [-0.2, 0) is 6.54 Å². The van der Waals surface area contributed by atoms with Crippen molar-refractivity contribution in [1.82, 2.24) is 15.6 Å². The van der Waals surface area contributed by atoms with E-state index < -0.39 is 5.97 Å². The van der Waals surface area contributed by atoms with Gasteiger partial charge in [-0.15, -0.1) is 0 Å². The lowest BCUT2D eigenvalue weighted by atomic mass is 10.1. The number of nitrogen functional groups attached to an aromatic ring is 1. The standard InChI is InChI=1S/C16H20N4O4/c1-9(2)5-19-16(23)20-6-10-3-4-13(24-10)11-7-18-8-12(14(11)17)15(21)22/h3-4,7-9H,5-6H2,1-2H3,(H2,17,18)(H,21,22)(H2,19,20,23). The number of furan rings is 1. The molecule has 0 unspecified atom stereocenters. The number of amides is 2. The third kappa shape index (κ3) is 4.25. The summed E-state index contributed by atoms with van der Waals surface area (Å²) in [5.41, 5.74) is 6.25. The molecule has 0 fully saturated rings. The van der Waals surface area contributed by atoms with Crippen molar-refractivity contribution in [3.63, 3.8) is 0 Å². The lowest BCUT2D eigenvalue weighted by molar-refractivity contribution is 0.0697. The van der Waals surface area contributed by atoms with Crippen LogP contribution in [-0.4, -0.2) is 28.6 Å². The van der Waals surface area contributed by atoms with E-state index in [9.17, 15) is 9.59 Å². The van der Waals surface area contributed by atoms with Crippen LogP contribution < -0.4 is 16.4 Å². The van der Waals surface area contributed by atoms with Gasteiger partial charge in [0, 0.05) is 18.9 Å². The Morgan fingerprint density at radius 3 is 2.71 bits per heavy atom. The Kier molecular flexibility index (Phi) is 5.41. The molecule has 5 N–H and O–H groups in total. The number of hydrogen-bond donors (Lipinski definition) is 4. The summed E-state index contributed by atoms with van der Waals surface area (Å²) < 4.78 is 5.61. The summed E-state index contributed by atoms with van der Waals surface area (Å²) in [6.45, 7) is 4.79. The molecule has 2 heterocycles. The fourth-order valence-electron chi connectivity index (χ4n) is 1.98. The Morgan fingerprint density at radius 1 is 1.29 bits per heavy atom. The smallest absolute Gasteiger partial charge is 0.339 e. The molecule has 0 aliphatic rings. The molecule has 0 atom stereocenters. The summed E-state index contributed by atoms with van der Waals surface area (Å²) in [7, 11) is 0. The van der Waals surface area contributed by atoms with Gasteiger partial charge in [-0.1, -0.05) is 13.8 Å². The summed E-state index contributed by atoms with van der Waals surface area (Å²) in [6.07, 6.45) is 2.62. The number of carboxylic acid groups (broad SMARTS) is 1. The molecule has 0 aliphatic carbocycles. The van der Waals surface area contributed by atoms with Crippen molar-refractivity contribution < 1.29 is 19.1 Å². The largest absolute Gasteiger partial charge is 0.478 e. The van der Waals surface area contributed by atoms with Gasteiger partial charge < -0.3 is 25.9 Å². The number of pyridine rings is 1. The van der Waals surface area contributed by atoms with E-state index in [1.807, 2.05) is 13.8 Å². The molecule has 0 saturated carbocycles. The number of aromatic carboxylic acids is 1. The summed E-state index contributed by atoms with van der Waals surface area (Å²) in [6, 6.07) is 3.06. The van der Waals surface area contributed by atoms with Gasteiger partial charge in [0.2, 0.25) is 0 Å². The summed E-state index contributed by atoms with van der Waals surface area (Å²) in [4.78, 5) is 26.6. The zero-order valence-electron chi connectivity index (χ0n) is 13.5. The fourth-order valence-corrected chi connectivity index (χ4v) is 1.98. The average Bonchev–Trinajstić information content (AvgIpc) is 2.99. The highest BCUT2D eigenvalue weighted by Gasteiger charge is 2.16. The SMILES string of the molecule is CC(C)CNC(=O)NCc1ccc(-c2cncc(C(=O)O)c2N)o1. The topological polar surface area (TPSA) is 130 Å². The second-order valence-corrected chi connectivity index (χ2v) is 5.68. The number of rotatable bonds is 6. The molecule has 0 bridgehead atoms. The Labute approximate surface area is 139 Å².